The summed E-state index contributed by atoms with van der Waals surface area (Å²) in [6.45, 7) is 6.14. The maximum Gasteiger partial charge on any atom is 0.336 e. The van der Waals surface area contributed by atoms with Crippen LogP contribution in [0.4, 0.5) is 31.9 Å². The number of halogens is 1. The summed E-state index contributed by atoms with van der Waals surface area (Å²) in [5.41, 5.74) is 10.5. The zero-order valence-electron chi connectivity index (χ0n) is 21.8. The average molecular weight is 547 g/mol. The lowest BCUT2D eigenvalue weighted by atomic mass is 9.96. The van der Waals surface area contributed by atoms with Crippen molar-refractivity contribution in [3.05, 3.63) is 101 Å². The Morgan fingerprint density at radius 1 is 1.03 bits per heavy atom. The van der Waals surface area contributed by atoms with Crippen molar-refractivity contribution in [1.29, 1.82) is 0 Å². The average Bonchev–Trinajstić information content (AvgIpc) is 3.27. The van der Waals surface area contributed by atoms with Crippen LogP contribution in [-0.2, 0) is 0 Å². The Balaban J connectivity index is 1.31. The van der Waals surface area contributed by atoms with Crippen LogP contribution < -0.4 is 20.3 Å². The Morgan fingerprint density at radius 2 is 1.62 bits per heavy atom. The van der Waals surface area contributed by atoms with Crippen LogP contribution >= 0.6 is 12.8 Å². The first-order chi connectivity index (χ1) is 18.8. The quantitative estimate of drug-likeness (QED) is 0.209. The Labute approximate surface area is 232 Å². The number of hydrogen-bond acceptors (Lipinski definition) is 7. The van der Waals surface area contributed by atoms with E-state index in [1.807, 2.05) is 17.0 Å². The van der Waals surface area contributed by atoms with E-state index in [-0.39, 0.29) is 17.4 Å². The lowest BCUT2D eigenvalue weighted by molar-refractivity contribution is 0.212. The smallest absolute Gasteiger partial charge is 0.336 e. The van der Waals surface area contributed by atoms with Crippen LogP contribution in [0.25, 0.3) is 0 Å². The van der Waals surface area contributed by atoms with E-state index in [9.17, 15) is 4.79 Å². The van der Waals surface area contributed by atoms with Crippen LogP contribution in [0.1, 0.15) is 28.6 Å². The summed E-state index contributed by atoms with van der Waals surface area (Å²) in [7, 11) is 0. The highest BCUT2D eigenvalue weighted by Crippen LogP contribution is 2.35. The van der Waals surface area contributed by atoms with Crippen molar-refractivity contribution < 1.29 is 13.7 Å². The largest absolute Gasteiger partial charge is 0.397 e. The molecule has 3 N–H and O–H groups in total. The number of rotatable bonds is 6. The van der Waals surface area contributed by atoms with Crippen molar-refractivity contribution in [2.45, 2.75) is 19.9 Å². The third-order valence-corrected chi connectivity index (χ3v) is 7.43. The number of aryl methyl sites for hydroxylation is 2. The second kappa shape index (κ2) is 11.4. The maximum atomic E-state index is 15.4. The maximum absolute atomic E-state index is 15.4. The minimum atomic E-state index is -0.604. The second-order valence-electron chi connectivity index (χ2n) is 9.55. The summed E-state index contributed by atoms with van der Waals surface area (Å²) in [4.78, 5) is 17.2. The molecule has 0 aliphatic carbocycles. The molecule has 202 valence electrons. The molecule has 1 aliphatic heterocycles. The number of thiol groups is 1. The third kappa shape index (κ3) is 5.57. The van der Waals surface area contributed by atoms with Gasteiger partial charge in [-0.2, -0.15) is 0 Å². The van der Waals surface area contributed by atoms with Gasteiger partial charge in [0.25, 0.3) is 0 Å². The first-order valence-corrected chi connectivity index (χ1v) is 13.1. The van der Waals surface area contributed by atoms with E-state index >= 15 is 4.39 Å². The van der Waals surface area contributed by atoms with Gasteiger partial charge in [0.2, 0.25) is 0 Å². The molecule has 0 saturated carbocycles. The molecule has 5 rings (SSSR count). The normalized spacial score (nSPS) is 14.0. The highest BCUT2D eigenvalue weighted by atomic mass is 32.1. The fraction of sp³-hybridized carbons (Fsp3) is 0.241. The SMILES string of the molecule is Cc1noc(C)c1NC(=O)N(S)c1cc(F)c(N2CCN(C(c3ccccc3)c3ccccc3)CC2)cc1N. The van der Waals surface area contributed by atoms with E-state index in [0.29, 0.717) is 35.9 Å². The first-order valence-electron chi connectivity index (χ1n) is 12.7. The molecule has 39 heavy (non-hydrogen) atoms. The van der Waals surface area contributed by atoms with Crippen LogP contribution in [0.3, 0.4) is 0 Å². The molecule has 0 atom stereocenters. The van der Waals surface area contributed by atoms with Crippen molar-refractivity contribution in [1.82, 2.24) is 10.1 Å². The van der Waals surface area contributed by atoms with Crippen molar-refractivity contribution in [2.75, 3.05) is 46.4 Å². The topological polar surface area (TPSA) is 90.9 Å². The number of nitrogens with zero attached hydrogens (tertiary/aromatic N) is 4. The molecule has 3 aromatic carbocycles. The number of carbonyl (C=O) groups excluding carboxylic acids is 1. The number of carbonyl (C=O) groups is 1. The number of anilines is 4. The van der Waals surface area contributed by atoms with Gasteiger partial charge in [-0.15, -0.1) is 0 Å². The molecule has 1 aromatic heterocycles. The predicted octanol–water partition coefficient (Wildman–Crippen LogP) is 5.81. The molecule has 1 fully saturated rings. The predicted molar refractivity (Wildman–Crippen MR) is 156 cm³/mol. The fourth-order valence-corrected chi connectivity index (χ4v) is 5.25. The molecule has 1 aliphatic rings. The van der Waals surface area contributed by atoms with Gasteiger partial charge in [0.15, 0.2) is 5.76 Å². The summed E-state index contributed by atoms with van der Waals surface area (Å²) < 4.78 is 21.5. The first kappa shape index (κ1) is 26.6. The van der Waals surface area contributed by atoms with Crippen LogP contribution in [0.5, 0.6) is 0 Å². The lowest BCUT2D eigenvalue weighted by Gasteiger charge is -2.41. The highest BCUT2D eigenvalue weighted by molar-refractivity contribution is 7.82. The molecule has 10 heteroatoms. The molecular formula is C29H31FN6O2S. The number of amides is 2. The Bertz CT molecular complexity index is 1380. The van der Waals surface area contributed by atoms with E-state index in [0.717, 1.165) is 17.4 Å². The monoisotopic (exact) mass is 546 g/mol. The fourth-order valence-electron chi connectivity index (χ4n) is 5.03. The lowest BCUT2D eigenvalue weighted by Crippen LogP contribution is -2.48. The van der Waals surface area contributed by atoms with E-state index in [1.165, 1.54) is 17.2 Å². The van der Waals surface area contributed by atoms with Crippen LogP contribution in [-0.4, -0.2) is 42.3 Å². The van der Waals surface area contributed by atoms with Crippen LogP contribution in [0, 0.1) is 19.7 Å². The van der Waals surface area contributed by atoms with Gasteiger partial charge in [-0.25, -0.2) is 13.5 Å². The van der Waals surface area contributed by atoms with Crippen molar-refractivity contribution in [3.8, 4) is 0 Å². The van der Waals surface area contributed by atoms with Gasteiger partial charge in [-0.1, -0.05) is 78.6 Å². The van der Waals surface area contributed by atoms with Gasteiger partial charge in [0, 0.05) is 32.2 Å². The van der Waals surface area contributed by atoms with Gasteiger partial charge < -0.3 is 20.5 Å². The van der Waals surface area contributed by atoms with E-state index in [4.69, 9.17) is 10.3 Å². The zero-order chi connectivity index (χ0) is 27.5. The summed E-state index contributed by atoms with van der Waals surface area (Å²) in [5, 5.41) is 6.50. The van der Waals surface area contributed by atoms with E-state index in [2.05, 4.69) is 76.7 Å². The minimum absolute atomic E-state index is 0.112. The number of nitrogens with one attached hydrogen (secondary N) is 1. The Hall–Kier alpha value is -4.02. The molecule has 8 nitrogen and oxygen atoms in total. The standard InChI is InChI=1S/C29H31FN6O2S/c1-19-27(20(2)38-33-19)32-29(37)36(39)26-17-23(30)25(18-24(26)31)34-13-15-35(16-14-34)28(21-9-5-3-6-10-21)22-11-7-4-8-12-22/h3-12,17-18,28,39H,13-16,31H2,1-2H3,(H,32,37). The zero-order valence-corrected chi connectivity index (χ0v) is 22.7. The summed E-state index contributed by atoms with van der Waals surface area (Å²) >= 11 is 4.28. The number of nitrogen functional groups attached to an aromatic ring is 1. The van der Waals surface area contributed by atoms with Crippen LogP contribution in [0.15, 0.2) is 77.3 Å². The van der Waals surface area contributed by atoms with Crippen molar-refractivity contribution in [3.63, 3.8) is 0 Å². The number of aromatic nitrogens is 1. The Kier molecular flexibility index (Phi) is 7.76. The molecule has 0 unspecified atom stereocenters. The van der Waals surface area contributed by atoms with E-state index in [1.54, 1.807) is 19.9 Å². The number of nitrogens with two attached hydrogens (primary N) is 1. The van der Waals surface area contributed by atoms with Gasteiger partial charge in [-0.3, -0.25) is 4.90 Å². The number of piperazine rings is 1. The minimum Gasteiger partial charge on any atom is -0.397 e. The summed E-state index contributed by atoms with van der Waals surface area (Å²) in [6.07, 6.45) is 0. The number of hydrogen-bond donors (Lipinski definition) is 3. The van der Waals surface area contributed by atoms with Gasteiger partial charge in [0.1, 0.15) is 17.2 Å². The summed E-state index contributed by atoms with van der Waals surface area (Å²) in [6, 6.07) is 23.2. The molecule has 2 heterocycles. The van der Waals surface area contributed by atoms with Crippen LogP contribution in [0.2, 0.25) is 0 Å². The molecule has 1 saturated heterocycles. The van der Waals surface area contributed by atoms with Gasteiger partial charge in [0.05, 0.1) is 23.1 Å². The number of benzene rings is 3. The molecule has 0 spiro atoms. The summed E-state index contributed by atoms with van der Waals surface area (Å²) in [5.74, 6) is -0.0162. The molecule has 4 aromatic rings. The second-order valence-corrected chi connectivity index (χ2v) is 9.95. The molecule has 0 radical (unpaired) electrons. The molecule has 0 bridgehead atoms. The molecular weight excluding hydrogens is 515 g/mol. The van der Waals surface area contributed by atoms with Crippen molar-refractivity contribution >= 4 is 41.6 Å². The Morgan fingerprint density at radius 3 is 2.15 bits per heavy atom. The molecule has 2 amide bonds. The third-order valence-electron chi connectivity index (χ3n) is 7.03. The van der Waals surface area contributed by atoms with Gasteiger partial charge >= 0.3 is 6.03 Å². The van der Waals surface area contributed by atoms with Gasteiger partial charge in [-0.05, 0) is 31.0 Å². The highest BCUT2D eigenvalue weighted by Gasteiger charge is 2.28. The van der Waals surface area contributed by atoms with E-state index < -0.39 is 11.8 Å². The van der Waals surface area contributed by atoms with Crippen molar-refractivity contribution in [2.24, 2.45) is 0 Å². The number of urea groups is 1.